The van der Waals surface area contributed by atoms with E-state index < -0.39 is 6.09 Å². The summed E-state index contributed by atoms with van der Waals surface area (Å²) < 4.78 is 5.29. The first-order valence-electron chi connectivity index (χ1n) is 7.14. The number of ether oxygens (including phenoxy) is 1. The summed E-state index contributed by atoms with van der Waals surface area (Å²) in [6, 6.07) is 10.9. The fourth-order valence-electron chi connectivity index (χ4n) is 2.34. The van der Waals surface area contributed by atoms with E-state index in [4.69, 9.17) is 16.3 Å². The van der Waals surface area contributed by atoms with Crippen LogP contribution in [-0.2, 0) is 16.0 Å². The van der Waals surface area contributed by atoms with Crippen LogP contribution in [0.15, 0.2) is 41.8 Å². The van der Waals surface area contributed by atoms with Crippen LogP contribution in [0.1, 0.15) is 4.88 Å². The molecule has 23 heavy (non-hydrogen) atoms. The Bertz CT molecular complexity index is 705. The van der Waals surface area contributed by atoms with E-state index in [2.05, 4.69) is 5.32 Å². The fraction of sp³-hybridized carbons (Fsp3) is 0.250. The molecule has 7 heteroatoms. The number of amides is 2. The number of rotatable bonds is 5. The van der Waals surface area contributed by atoms with Gasteiger partial charge in [0.2, 0.25) is 5.91 Å². The highest BCUT2D eigenvalue weighted by atomic mass is 35.5. The first-order chi connectivity index (χ1) is 11.1. The number of benzene rings is 1. The van der Waals surface area contributed by atoms with E-state index in [9.17, 15) is 9.59 Å². The Labute approximate surface area is 142 Å². The van der Waals surface area contributed by atoms with Crippen molar-refractivity contribution in [2.45, 2.75) is 12.5 Å². The summed E-state index contributed by atoms with van der Waals surface area (Å²) in [4.78, 5) is 26.3. The van der Waals surface area contributed by atoms with E-state index in [0.717, 1.165) is 4.88 Å². The monoisotopic (exact) mass is 350 g/mol. The zero-order chi connectivity index (χ0) is 16.2. The topological polar surface area (TPSA) is 58.6 Å². The second kappa shape index (κ2) is 7.02. The second-order valence-corrected chi connectivity index (χ2v) is 6.63. The summed E-state index contributed by atoms with van der Waals surface area (Å²) in [5, 5.41) is 5.30. The lowest BCUT2D eigenvalue weighted by atomic mass is 10.2. The number of carbonyl (C=O) groups is 2. The normalized spacial score (nSPS) is 17.2. The number of halogens is 1. The molecule has 1 aliphatic rings. The minimum atomic E-state index is -0.426. The van der Waals surface area contributed by atoms with Crippen LogP contribution in [0, 0.1) is 0 Å². The van der Waals surface area contributed by atoms with Gasteiger partial charge in [-0.15, -0.1) is 11.3 Å². The maximum atomic E-state index is 11.9. The van der Waals surface area contributed by atoms with Crippen molar-refractivity contribution in [2.24, 2.45) is 0 Å². The van der Waals surface area contributed by atoms with E-state index in [1.54, 1.807) is 35.6 Å². The SMILES string of the molecule is O=C(Cc1cccs1)NCC1CN(c2cccc(Cl)c2)C(=O)O1. The third kappa shape index (κ3) is 4.03. The van der Waals surface area contributed by atoms with Crippen molar-refractivity contribution in [2.75, 3.05) is 18.0 Å². The van der Waals surface area contributed by atoms with Gasteiger partial charge in [0, 0.05) is 15.6 Å². The maximum Gasteiger partial charge on any atom is 0.414 e. The van der Waals surface area contributed by atoms with Crippen LogP contribution in [0.4, 0.5) is 10.5 Å². The molecule has 1 aliphatic heterocycles. The average molecular weight is 351 g/mol. The Morgan fingerprint density at radius 3 is 3.00 bits per heavy atom. The van der Waals surface area contributed by atoms with Crippen molar-refractivity contribution in [1.82, 2.24) is 5.32 Å². The van der Waals surface area contributed by atoms with Gasteiger partial charge in [-0.25, -0.2) is 4.79 Å². The molecule has 1 aromatic carbocycles. The molecule has 2 heterocycles. The largest absolute Gasteiger partial charge is 0.442 e. The highest BCUT2D eigenvalue weighted by molar-refractivity contribution is 7.10. The summed E-state index contributed by atoms with van der Waals surface area (Å²) >= 11 is 7.48. The van der Waals surface area contributed by atoms with Crippen LogP contribution < -0.4 is 10.2 Å². The summed E-state index contributed by atoms with van der Waals surface area (Å²) in [6.45, 7) is 0.686. The lowest BCUT2D eigenvalue weighted by molar-refractivity contribution is -0.120. The quantitative estimate of drug-likeness (QED) is 0.901. The van der Waals surface area contributed by atoms with E-state index >= 15 is 0 Å². The number of anilines is 1. The molecule has 0 bridgehead atoms. The van der Waals surface area contributed by atoms with Gasteiger partial charge >= 0.3 is 6.09 Å². The Kier molecular flexibility index (Phi) is 4.83. The van der Waals surface area contributed by atoms with Gasteiger partial charge < -0.3 is 10.1 Å². The molecular weight excluding hydrogens is 336 g/mol. The van der Waals surface area contributed by atoms with Crippen LogP contribution in [-0.4, -0.2) is 31.2 Å². The molecule has 120 valence electrons. The number of nitrogens with one attached hydrogen (secondary N) is 1. The molecule has 2 aromatic rings. The smallest absolute Gasteiger partial charge is 0.414 e. The summed E-state index contributed by atoms with van der Waals surface area (Å²) in [6.07, 6.45) is -0.449. The highest BCUT2D eigenvalue weighted by Crippen LogP contribution is 2.24. The molecule has 0 aliphatic carbocycles. The molecule has 2 amide bonds. The third-order valence-corrected chi connectivity index (χ3v) is 4.55. The van der Waals surface area contributed by atoms with Gasteiger partial charge in [-0.3, -0.25) is 9.69 Å². The lowest BCUT2D eigenvalue weighted by Crippen LogP contribution is -2.35. The Morgan fingerprint density at radius 2 is 2.26 bits per heavy atom. The molecule has 1 fully saturated rings. The molecule has 0 saturated carbocycles. The Balaban J connectivity index is 1.52. The average Bonchev–Trinajstić information content (AvgIpc) is 3.15. The highest BCUT2D eigenvalue weighted by Gasteiger charge is 2.32. The van der Waals surface area contributed by atoms with E-state index in [0.29, 0.717) is 30.2 Å². The maximum absolute atomic E-state index is 11.9. The van der Waals surface area contributed by atoms with Crippen LogP contribution in [0.5, 0.6) is 0 Å². The van der Waals surface area contributed by atoms with Crippen molar-refractivity contribution in [3.05, 3.63) is 51.7 Å². The molecule has 1 unspecified atom stereocenters. The van der Waals surface area contributed by atoms with Crippen molar-refractivity contribution in [3.63, 3.8) is 0 Å². The number of thiophene rings is 1. The molecule has 1 atom stereocenters. The predicted octanol–water partition coefficient (Wildman–Crippen LogP) is 3.09. The number of hydrogen-bond acceptors (Lipinski definition) is 4. The standard InChI is InChI=1S/C16H15ClN2O3S/c17-11-3-1-4-12(7-11)19-10-13(22-16(19)21)9-18-15(20)8-14-5-2-6-23-14/h1-7,13H,8-10H2,(H,18,20). The Hall–Kier alpha value is -2.05. The molecule has 1 aromatic heterocycles. The van der Waals surface area contributed by atoms with Crippen molar-refractivity contribution in [1.29, 1.82) is 0 Å². The van der Waals surface area contributed by atoms with E-state index in [-0.39, 0.29) is 12.0 Å². The first kappa shape index (κ1) is 15.8. The van der Waals surface area contributed by atoms with Crippen LogP contribution in [0.2, 0.25) is 5.02 Å². The lowest BCUT2D eigenvalue weighted by Gasteiger charge is -2.13. The molecule has 1 saturated heterocycles. The van der Waals surface area contributed by atoms with Crippen molar-refractivity contribution >= 4 is 40.6 Å². The van der Waals surface area contributed by atoms with Crippen LogP contribution >= 0.6 is 22.9 Å². The number of nitrogens with zero attached hydrogens (tertiary/aromatic N) is 1. The van der Waals surface area contributed by atoms with Gasteiger partial charge in [0.25, 0.3) is 0 Å². The van der Waals surface area contributed by atoms with Gasteiger partial charge in [0.15, 0.2) is 0 Å². The minimum Gasteiger partial charge on any atom is -0.442 e. The van der Waals surface area contributed by atoms with Gasteiger partial charge in [0.1, 0.15) is 6.10 Å². The minimum absolute atomic E-state index is 0.0790. The molecule has 0 radical (unpaired) electrons. The summed E-state index contributed by atoms with van der Waals surface area (Å²) in [7, 11) is 0. The zero-order valence-corrected chi connectivity index (χ0v) is 13.8. The molecule has 3 rings (SSSR count). The molecule has 0 spiro atoms. The third-order valence-electron chi connectivity index (χ3n) is 3.44. The molecule has 5 nitrogen and oxygen atoms in total. The predicted molar refractivity (Wildman–Crippen MR) is 90.1 cm³/mol. The zero-order valence-electron chi connectivity index (χ0n) is 12.2. The van der Waals surface area contributed by atoms with Gasteiger partial charge in [-0.1, -0.05) is 23.7 Å². The number of carbonyl (C=O) groups excluding carboxylic acids is 2. The van der Waals surface area contributed by atoms with Gasteiger partial charge in [-0.05, 0) is 29.6 Å². The molecule has 1 N–H and O–H groups in total. The van der Waals surface area contributed by atoms with Crippen molar-refractivity contribution in [3.8, 4) is 0 Å². The van der Waals surface area contributed by atoms with E-state index in [1.165, 1.54) is 4.90 Å². The molecular formula is C16H15ClN2O3S. The van der Waals surface area contributed by atoms with Crippen molar-refractivity contribution < 1.29 is 14.3 Å². The number of cyclic esters (lactones) is 1. The number of hydrogen-bond donors (Lipinski definition) is 1. The summed E-state index contributed by atoms with van der Waals surface area (Å²) in [5.41, 5.74) is 0.690. The van der Waals surface area contributed by atoms with Crippen LogP contribution in [0.25, 0.3) is 0 Å². The van der Waals surface area contributed by atoms with Gasteiger partial charge in [0.05, 0.1) is 19.5 Å². The van der Waals surface area contributed by atoms with Gasteiger partial charge in [-0.2, -0.15) is 0 Å². The fourth-order valence-corrected chi connectivity index (χ4v) is 3.23. The first-order valence-corrected chi connectivity index (χ1v) is 8.40. The second-order valence-electron chi connectivity index (χ2n) is 5.16. The summed E-state index contributed by atoms with van der Waals surface area (Å²) in [5.74, 6) is -0.0790. The van der Waals surface area contributed by atoms with E-state index in [1.807, 2.05) is 17.5 Å². The van der Waals surface area contributed by atoms with Crippen LogP contribution in [0.3, 0.4) is 0 Å². The Morgan fingerprint density at radius 1 is 1.39 bits per heavy atom.